The second kappa shape index (κ2) is 5.99. The van der Waals surface area contributed by atoms with Crippen molar-refractivity contribution in [2.45, 2.75) is 38.6 Å². The first-order chi connectivity index (χ1) is 7.75. The summed E-state index contributed by atoms with van der Waals surface area (Å²) in [7, 11) is 0. The Balaban J connectivity index is 1.68. The molecule has 16 heavy (non-hydrogen) atoms. The fourth-order valence-corrected chi connectivity index (χ4v) is 3.01. The normalized spacial score (nSPS) is 30.8. The van der Waals surface area contributed by atoms with Crippen molar-refractivity contribution in [2.24, 2.45) is 11.7 Å². The minimum atomic E-state index is 0.370. The lowest BCUT2D eigenvalue weighted by Crippen LogP contribution is -2.44. The highest BCUT2D eigenvalue weighted by molar-refractivity contribution is 4.79. The van der Waals surface area contributed by atoms with E-state index in [2.05, 4.69) is 16.7 Å². The molecule has 3 nitrogen and oxygen atoms in total. The molecule has 0 bridgehead atoms. The van der Waals surface area contributed by atoms with E-state index in [-0.39, 0.29) is 0 Å². The first-order valence-corrected chi connectivity index (χ1v) is 6.96. The topological polar surface area (TPSA) is 32.5 Å². The van der Waals surface area contributed by atoms with Gasteiger partial charge in [0.05, 0.1) is 0 Å². The number of likely N-dealkylation sites (tertiary alicyclic amines) is 2. The summed E-state index contributed by atoms with van der Waals surface area (Å²) in [5, 5.41) is 0. The Hall–Kier alpha value is -0.120. The van der Waals surface area contributed by atoms with Gasteiger partial charge in [-0.05, 0) is 58.2 Å². The summed E-state index contributed by atoms with van der Waals surface area (Å²) in [5.41, 5.74) is 6.01. The van der Waals surface area contributed by atoms with Crippen LogP contribution in [0.4, 0.5) is 0 Å². The van der Waals surface area contributed by atoms with Crippen LogP contribution in [0.25, 0.3) is 0 Å². The van der Waals surface area contributed by atoms with Gasteiger partial charge in [0.15, 0.2) is 0 Å². The van der Waals surface area contributed by atoms with E-state index in [0.29, 0.717) is 6.04 Å². The van der Waals surface area contributed by atoms with Gasteiger partial charge in [-0.3, -0.25) is 0 Å². The van der Waals surface area contributed by atoms with Crippen molar-refractivity contribution in [3.05, 3.63) is 0 Å². The van der Waals surface area contributed by atoms with E-state index in [1.54, 1.807) is 0 Å². The second-order valence-electron chi connectivity index (χ2n) is 5.61. The standard InChI is InChI=1S/C13H27N3/c1-12(14)13-5-4-8-16(11-13)10-9-15-6-2-3-7-15/h12-13H,2-11,14H2,1H3. The zero-order valence-electron chi connectivity index (χ0n) is 10.7. The molecule has 3 heteroatoms. The van der Waals surface area contributed by atoms with E-state index in [1.807, 2.05) is 0 Å². The van der Waals surface area contributed by atoms with Crippen LogP contribution >= 0.6 is 0 Å². The van der Waals surface area contributed by atoms with Gasteiger partial charge in [0, 0.05) is 25.7 Å². The Morgan fingerprint density at radius 3 is 2.38 bits per heavy atom. The van der Waals surface area contributed by atoms with Gasteiger partial charge in [-0.1, -0.05) is 0 Å². The third-order valence-electron chi connectivity index (χ3n) is 4.22. The molecule has 2 aliphatic rings. The fourth-order valence-electron chi connectivity index (χ4n) is 3.01. The van der Waals surface area contributed by atoms with Crippen molar-refractivity contribution in [3.8, 4) is 0 Å². The number of hydrogen-bond donors (Lipinski definition) is 1. The van der Waals surface area contributed by atoms with E-state index in [9.17, 15) is 0 Å². The van der Waals surface area contributed by atoms with Gasteiger partial charge in [-0.25, -0.2) is 0 Å². The van der Waals surface area contributed by atoms with E-state index < -0.39 is 0 Å². The summed E-state index contributed by atoms with van der Waals surface area (Å²) < 4.78 is 0. The summed E-state index contributed by atoms with van der Waals surface area (Å²) in [4.78, 5) is 5.23. The van der Waals surface area contributed by atoms with Crippen LogP contribution in [0.1, 0.15) is 32.6 Å². The third kappa shape index (κ3) is 3.44. The van der Waals surface area contributed by atoms with Crippen molar-refractivity contribution >= 4 is 0 Å². The predicted molar refractivity (Wildman–Crippen MR) is 68.5 cm³/mol. The van der Waals surface area contributed by atoms with Gasteiger partial charge in [0.2, 0.25) is 0 Å². The molecule has 2 fully saturated rings. The molecule has 2 N–H and O–H groups in total. The lowest BCUT2D eigenvalue weighted by atomic mass is 9.92. The number of nitrogens with two attached hydrogens (primary N) is 1. The predicted octanol–water partition coefficient (Wildman–Crippen LogP) is 1.14. The van der Waals surface area contributed by atoms with Crippen LogP contribution < -0.4 is 5.73 Å². The fraction of sp³-hybridized carbons (Fsp3) is 1.00. The number of rotatable bonds is 4. The van der Waals surface area contributed by atoms with Gasteiger partial charge >= 0.3 is 0 Å². The Morgan fingerprint density at radius 1 is 1.06 bits per heavy atom. The van der Waals surface area contributed by atoms with Crippen molar-refractivity contribution in [1.29, 1.82) is 0 Å². The quantitative estimate of drug-likeness (QED) is 0.779. The molecule has 0 spiro atoms. The Labute approximate surface area is 100.0 Å². The molecule has 0 aromatic carbocycles. The summed E-state index contributed by atoms with van der Waals surface area (Å²) in [6.45, 7) is 9.85. The van der Waals surface area contributed by atoms with Crippen molar-refractivity contribution < 1.29 is 0 Å². The first-order valence-electron chi connectivity index (χ1n) is 6.96. The lowest BCUT2D eigenvalue weighted by molar-refractivity contribution is 0.145. The van der Waals surface area contributed by atoms with E-state index in [1.165, 1.54) is 65.0 Å². The monoisotopic (exact) mass is 225 g/mol. The van der Waals surface area contributed by atoms with Crippen molar-refractivity contribution in [2.75, 3.05) is 39.3 Å². The van der Waals surface area contributed by atoms with Crippen molar-refractivity contribution in [1.82, 2.24) is 9.80 Å². The first kappa shape index (κ1) is 12.3. The molecule has 2 rings (SSSR count). The zero-order valence-corrected chi connectivity index (χ0v) is 10.7. The van der Waals surface area contributed by atoms with Crippen LogP contribution in [0.15, 0.2) is 0 Å². The largest absolute Gasteiger partial charge is 0.328 e. The number of piperidine rings is 1. The second-order valence-corrected chi connectivity index (χ2v) is 5.61. The molecule has 0 aromatic heterocycles. The van der Waals surface area contributed by atoms with Gasteiger partial charge in [0.25, 0.3) is 0 Å². The van der Waals surface area contributed by atoms with Crippen LogP contribution in [0, 0.1) is 5.92 Å². The molecular weight excluding hydrogens is 198 g/mol. The molecular formula is C13H27N3. The minimum absolute atomic E-state index is 0.370. The zero-order chi connectivity index (χ0) is 11.4. The summed E-state index contributed by atoms with van der Waals surface area (Å²) in [6.07, 6.45) is 5.48. The Kier molecular flexibility index (Phi) is 4.62. The lowest BCUT2D eigenvalue weighted by Gasteiger charge is -2.35. The molecule has 2 heterocycles. The van der Waals surface area contributed by atoms with Gasteiger partial charge in [0.1, 0.15) is 0 Å². The molecule has 2 aliphatic heterocycles. The molecule has 0 aromatic rings. The Morgan fingerprint density at radius 2 is 1.69 bits per heavy atom. The number of nitrogens with zero attached hydrogens (tertiary/aromatic N) is 2. The molecule has 2 unspecified atom stereocenters. The molecule has 0 aliphatic carbocycles. The van der Waals surface area contributed by atoms with Crippen LogP contribution in [0.3, 0.4) is 0 Å². The highest BCUT2D eigenvalue weighted by Crippen LogP contribution is 2.18. The van der Waals surface area contributed by atoms with E-state index in [4.69, 9.17) is 5.73 Å². The van der Waals surface area contributed by atoms with Crippen LogP contribution in [0.5, 0.6) is 0 Å². The molecule has 0 saturated carbocycles. The van der Waals surface area contributed by atoms with Crippen LogP contribution in [0.2, 0.25) is 0 Å². The number of hydrogen-bond acceptors (Lipinski definition) is 3. The highest BCUT2D eigenvalue weighted by atomic mass is 15.2. The van der Waals surface area contributed by atoms with Crippen molar-refractivity contribution in [3.63, 3.8) is 0 Å². The smallest absolute Gasteiger partial charge is 0.0109 e. The SMILES string of the molecule is CC(N)C1CCCN(CCN2CCCC2)C1. The van der Waals surface area contributed by atoms with E-state index in [0.717, 1.165) is 5.92 Å². The average Bonchev–Trinajstić information content (AvgIpc) is 2.79. The molecule has 94 valence electrons. The highest BCUT2D eigenvalue weighted by Gasteiger charge is 2.23. The molecule has 2 atom stereocenters. The Bertz CT molecular complexity index is 199. The third-order valence-corrected chi connectivity index (χ3v) is 4.22. The molecule has 0 radical (unpaired) electrons. The summed E-state index contributed by atoms with van der Waals surface area (Å²) in [5.74, 6) is 0.729. The van der Waals surface area contributed by atoms with E-state index >= 15 is 0 Å². The molecule has 2 saturated heterocycles. The minimum Gasteiger partial charge on any atom is -0.328 e. The van der Waals surface area contributed by atoms with Gasteiger partial charge < -0.3 is 15.5 Å². The summed E-state index contributed by atoms with van der Waals surface area (Å²) >= 11 is 0. The average molecular weight is 225 g/mol. The van der Waals surface area contributed by atoms with Gasteiger partial charge in [-0.15, -0.1) is 0 Å². The molecule has 0 amide bonds. The van der Waals surface area contributed by atoms with Gasteiger partial charge in [-0.2, -0.15) is 0 Å². The maximum Gasteiger partial charge on any atom is 0.0109 e. The van der Waals surface area contributed by atoms with Crippen LogP contribution in [-0.4, -0.2) is 55.1 Å². The van der Waals surface area contributed by atoms with Crippen LogP contribution in [-0.2, 0) is 0 Å². The maximum absolute atomic E-state index is 6.01. The summed E-state index contributed by atoms with van der Waals surface area (Å²) in [6, 6.07) is 0.370. The maximum atomic E-state index is 6.01.